The van der Waals surface area contributed by atoms with Crippen LogP contribution >= 0.6 is 0 Å². The van der Waals surface area contributed by atoms with Gasteiger partial charge in [0.15, 0.2) is 12.1 Å². The lowest BCUT2D eigenvalue weighted by Gasteiger charge is -2.37. The Morgan fingerprint density at radius 3 is 2.43 bits per heavy atom. The molecule has 2 aliphatic heterocycles. The van der Waals surface area contributed by atoms with Crippen molar-refractivity contribution in [2.75, 3.05) is 0 Å². The molecule has 4 nitrogen and oxygen atoms in total. The molecule has 0 aromatic carbocycles. The summed E-state index contributed by atoms with van der Waals surface area (Å²) in [5, 5.41) is 9.80. The summed E-state index contributed by atoms with van der Waals surface area (Å²) < 4.78 is 16.8. The van der Waals surface area contributed by atoms with E-state index in [1.807, 2.05) is 27.7 Å². The summed E-state index contributed by atoms with van der Waals surface area (Å²) in [7, 11) is 0. The Morgan fingerprint density at radius 2 is 1.79 bits per heavy atom. The topological polar surface area (TPSA) is 47.9 Å². The minimum Gasteiger partial charge on any atom is -0.390 e. The number of rotatable bonds is 0. The second kappa shape index (κ2) is 3.17. The predicted molar refractivity (Wildman–Crippen MR) is 49.5 cm³/mol. The van der Waals surface area contributed by atoms with Crippen molar-refractivity contribution in [1.82, 2.24) is 0 Å². The molecule has 2 saturated heterocycles. The minimum absolute atomic E-state index is 0.0468. The molecular formula is C10H18O4. The van der Waals surface area contributed by atoms with E-state index in [9.17, 15) is 5.11 Å². The van der Waals surface area contributed by atoms with E-state index in [2.05, 4.69) is 0 Å². The van der Waals surface area contributed by atoms with Crippen molar-refractivity contribution in [3.8, 4) is 0 Å². The SMILES string of the molecule is C[C@H]1[C@H](O)[C@@H](C)OC2OC(C)(C)O[C@@H]21. The maximum atomic E-state index is 9.80. The fourth-order valence-corrected chi connectivity index (χ4v) is 2.13. The lowest BCUT2D eigenvalue weighted by atomic mass is 9.91. The minimum atomic E-state index is -0.604. The van der Waals surface area contributed by atoms with Gasteiger partial charge in [0, 0.05) is 5.92 Å². The number of hydrogen-bond donors (Lipinski definition) is 1. The third-order valence-corrected chi connectivity index (χ3v) is 2.97. The number of ether oxygens (including phenoxy) is 3. The van der Waals surface area contributed by atoms with E-state index in [0.717, 1.165) is 0 Å². The average Bonchev–Trinajstić information content (AvgIpc) is 2.37. The van der Waals surface area contributed by atoms with Crippen molar-refractivity contribution in [2.45, 2.75) is 58.1 Å². The van der Waals surface area contributed by atoms with Gasteiger partial charge in [0.05, 0.1) is 12.2 Å². The van der Waals surface area contributed by atoms with E-state index in [1.165, 1.54) is 0 Å². The Morgan fingerprint density at radius 1 is 1.14 bits per heavy atom. The van der Waals surface area contributed by atoms with Crippen LogP contribution in [0, 0.1) is 5.92 Å². The van der Waals surface area contributed by atoms with Crippen molar-refractivity contribution < 1.29 is 19.3 Å². The van der Waals surface area contributed by atoms with Gasteiger partial charge in [-0.05, 0) is 20.8 Å². The van der Waals surface area contributed by atoms with Gasteiger partial charge >= 0.3 is 0 Å². The quantitative estimate of drug-likeness (QED) is 0.633. The van der Waals surface area contributed by atoms with Crippen molar-refractivity contribution >= 4 is 0 Å². The van der Waals surface area contributed by atoms with Crippen LogP contribution in [0.2, 0.25) is 0 Å². The maximum Gasteiger partial charge on any atom is 0.187 e. The summed E-state index contributed by atoms with van der Waals surface area (Å²) in [6.45, 7) is 7.54. The molecule has 4 heteroatoms. The van der Waals surface area contributed by atoms with Gasteiger partial charge in [-0.3, -0.25) is 0 Å². The largest absolute Gasteiger partial charge is 0.390 e. The standard InChI is InChI=1S/C10H18O4/c1-5-7(11)6(2)12-9-8(5)13-10(3,4)14-9/h5-9,11H,1-4H3/t5-,6+,7-,8+,9?/m0/s1. The summed E-state index contributed by atoms with van der Waals surface area (Å²) in [6.07, 6.45) is -1.16. The summed E-state index contributed by atoms with van der Waals surface area (Å²) in [5.74, 6) is -0.557. The zero-order valence-corrected chi connectivity index (χ0v) is 9.06. The average molecular weight is 202 g/mol. The number of hydrogen-bond acceptors (Lipinski definition) is 4. The Balaban J connectivity index is 2.15. The molecule has 0 radical (unpaired) electrons. The van der Waals surface area contributed by atoms with Crippen molar-refractivity contribution in [1.29, 1.82) is 0 Å². The molecule has 1 unspecified atom stereocenters. The fraction of sp³-hybridized carbons (Fsp3) is 1.00. The third kappa shape index (κ3) is 1.56. The van der Waals surface area contributed by atoms with Crippen LogP contribution < -0.4 is 0 Å². The molecule has 2 aliphatic rings. The van der Waals surface area contributed by atoms with Gasteiger partial charge in [0.25, 0.3) is 0 Å². The van der Waals surface area contributed by atoms with Gasteiger partial charge in [0.2, 0.25) is 0 Å². The molecule has 2 fully saturated rings. The molecule has 82 valence electrons. The van der Waals surface area contributed by atoms with Crippen molar-refractivity contribution in [3.63, 3.8) is 0 Å². The molecule has 0 aromatic heterocycles. The van der Waals surface area contributed by atoms with Crippen LogP contribution in [-0.4, -0.2) is 35.5 Å². The first-order valence-corrected chi connectivity index (χ1v) is 5.10. The second-order valence-electron chi connectivity index (χ2n) is 4.66. The van der Waals surface area contributed by atoms with Gasteiger partial charge in [-0.1, -0.05) is 6.92 Å². The Hall–Kier alpha value is -0.160. The molecular weight excluding hydrogens is 184 g/mol. The third-order valence-electron chi connectivity index (χ3n) is 2.97. The van der Waals surface area contributed by atoms with Crippen LogP contribution in [0.4, 0.5) is 0 Å². The van der Waals surface area contributed by atoms with E-state index in [1.54, 1.807) is 0 Å². The molecule has 2 rings (SSSR count). The van der Waals surface area contributed by atoms with E-state index in [4.69, 9.17) is 14.2 Å². The lowest BCUT2D eigenvalue weighted by Crippen LogP contribution is -2.50. The normalized spacial score (nSPS) is 51.6. The molecule has 0 bridgehead atoms. The second-order valence-corrected chi connectivity index (χ2v) is 4.66. The van der Waals surface area contributed by atoms with E-state index in [0.29, 0.717) is 0 Å². The maximum absolute atomic E-state index is 9.80. The molecule has 5 atom stereocenters. The van der Waals surface area contributed by atoms with E-state index < -0.39 is 11.9 Å². The van der Waals surface area contributed by atoms with Gasteiger partial charge in [-0.2, -0.15) is 0 Å². The van der Waals surface area contributed by atoms with E-state index >= 15 is 0 Å². The lowest BCUT2D eigenvalue weighted by molar-refractivity contribution is -0.233. The Kier molecular flexibility index (Phi) is 2.34. The summed E-state index contributed by atoms with van der Waals surface area (Å²) in [4.78, 5) is 0. The first kappa shape index (κ1) is 10.4. The monoisotopic (exact) mass is 202 g/mol. The molecule has 0 amide bonds. The smallest absolute Gasteiger partial charge is 0.187 e. The van der Waals surface area contributed by atoms with E-state index in [-0.39, 0.29) is 24.4 Å². The predicted octanol–water partition coefficient (Wildman–Crippen LogP) is 0.880. The van der Waals surface area contributed by atoms with Crippen LogP contribution in [0.15, 0.2) is 0 Å². The van der Waals surface area contributed by atoms with Crippen LogP contribution in [0.25, 0.3) is 0 Å². The summed E-state index contributed by atoms with van der Waals surface area (Å²) in [5.41, 5.74) is 0. The number of aliphatic hydroxyl groups excluding tert-OH is 1. The number of fused-ring (bicyclic) bond motifs is 1. The van der Waals surface area contributed by atoms with Gasteiger partial charge in [-0.25, -0.2) is 0 Å². The molecule has 0 aliphatic carbocycles. The highest BCUT2D eigenvalue weighted by Crippen LogP contribution is 2.38. The molecule has 0 saturated carbocycles. The first-order chi connectivity index (χ1) is 6.41. The fourth-order valence-electron chi connectivity index (χ4n) is 2.13. The van der Waals surface area contributed by atoms with Crippen LogP contribution in [0.5, 0.6) is 0 Å². The Labute approximate surface area is 84.1 Å². The molecule has 1 N–H and O–H groups in total. The van der Waals surface area contributed by atoms with Crippen LogP contribution in [0.3, 0.4) is 0 Å². The highest BCUT2D eigenvalue weighted by molar-refractivity contribution is 4.90. The van der Waals surface area contributed by atoms with Crippen LogP contribution in [0.1, 0.15) is 27.7 Å². The zero-order valence-electron chi connectivity index (χ0n) is 9.06. The van der Waals surface area contributed by atoms with Crippen LogP contribution in [-0.2, 0) is 14.2 Å². The summed E-state index contributed by atoms with van der Waals surface area (Å²) >= 11 is 0. The highest BCUT2D eigenvalue weighted by Gasteiger charge is 2.51. The Bertz CT molecular complexity index is 228. The summed E-state index contributed by atoms with van der Waals surface area (Å²) in [6, 6.07) is 0. The van der Waals surface area contributed by atoms with Crippen molar-refractivity contribution in [2.24, 2.45) is 5.92 Å². The number of aliphatic hydroxyl groups is 1. The molecule has 14 heavy (non-hydrogen) atoms. The van der Waals surface area contributed by atoms with Gasteiger partial charge in [-0.15, -0.1) is 0 Å². The van der Waals surface area contributed by atoms with Crippen molar-refractivity contribution in [3.05, 3.63) is 0 Å². The first-order valence-electron chi connectivity index (χ1n) is 5.10. The van der Waals surface area contributed by atoms with Gasteiger partial charge < -0.3 is 19.3 Å². The molecule has 0 aromatic rings. The highest BCUT2D eigenvalue weighted by atomic mass is 16.8. The molecule has 2 heterocycles. The van der Waals surface area contributed by atoms with Gasteiger partial charge in [0.1, 0.15) is 6.10 Å². The molecule has 0 spiro atoms. The zero-order chi connectivity index (χ0) is 10.5.